The predicted octanol–water partition coefficient (Wildman–Crippen LogP) is 3.15. The van der Waals surface area contributed by atoms with Crippen molar-refractivity contribution in [3.63, 3.8) is 0 Å². The van der Waals surface area contributed by atoms with Crippen molar-refractivity contribution in [3.05, 3.63) is 61.0 Å². The van der Waals surface area contributed by atoms with Crippen molar-refractivity contribution in [1.82, 2.24) is 9.55 Å². The normalized spacial score (nSPS) is 12.9. The van der Waals surface area contributed by atoms with E-state index in [-0.39, 0.29) is 29.9 Å². The molecule has 0 aliphatic heterocycles. The third-order valence-corrected chi connectivity index (χ3v) is 6.34. The number of amides is 1. The Morgan fingerprint density at radius 1 is 1.37 bits per heavy atom. The van der Waals surface area contributed by atoms with E-state index in [1.165, 1.54) is 40.4 Å². The SMILES string of the molecule is N#Cc1c(NC(=O)CCn2cnc3ccc([N+](=O)[O-])cc3c2=O)sc2c1CCCC2. The Morgan fingerprint density at radius 3 is 2.93 bits per heavy atom. The number of nitro benzene ring substituents is 1. The van der Waals surface area contributed by atoms with Crippen molar-refractivity contribution >= 4 is 38.8 Å². The fourth-order valence-electron chi connectivity index (χ4n) is 3.60. The molecule has 0 fully saturated rings. The Balaban J connectivity index is 1.51. The zero-order chi connectivity index (χ0) is 21.3. The molecule has 3 aromatic rings. The lowest BCUT2D eigenvalue weighted by atomic mass is 9.96. The number of nitrogens with one attached hydrogen (secondary N) is 1. The number of aryl methyl sites for hydroxylation is 2. The number of benzene rings is 1. The lowest BCUT2D eigenvalue weighted by Gasteiger charge is -2.09. The fourth-order valence-corrected chi connectivity index (χ4v) is 4.86. The smallest absolute Gasteiger partial charge is 0.270 e. The van der Waals surface area contributed by atoms with Crippen LogP contribution in [0.5, 0.6) is 0 Å². The van der Waals surface area contributed by atoms with Gasteiger partial charge in [-0.15, -0.1) is 11.3 Å². The quantitative estimate of drug-likeness (QED) is 0.495. The van der Waals surface area contributed by atoms with Gasteiger partial charge in [0.25, 0.3) is 11.2 Å². The number of fused-ring (bicyclic) bond motifs is 2. The highest BCUT2D eigenvalue weighted by Gasteiger charge is 2.21. The van der Waals surface area contributed by atoms with E-state index in [0.29, 0.717) is 16.1 Å². The van der Waals surface area contributed by atoms with Gasteiger partial charge in [-0.25, -0.2) is 4.98 Å². The molecule has 0 unspecified atom stereocenters. The highest BCUT2D eigenvalue weighted by molar-refractivity contribution is 7.16. The Bertz CT molecular complexity index is 1270. The van der Waals surface area contributed by atoms with Gasteiger partial charge in [0.05, 0.1) is 27.7 Å². The number of thiophene rings is 1. The molecule has 0 atom stereocenters. The molecule has 0 radical (unpaired) electrons. The second-order valence-corrected chi connectivity index (χ2v) is 8.13. The maximum atomic E-state index is 12.6. The number of anilines is 1. The van der Waals surface area contributed by atoms with Crippen molar-refractivity contribution in [3.8, 4) is 6.07 Å². The van der Waals surface area contributed by atoms with Crippen LogP contribution >= 0.6 is 11.3 Å². The van der Waals surface area contributed by atoms with Gasteiger partial charge in [0.15, 0.2) is 0 Å². The Hall–Kier alpha value is -3.58. The van der Waals surface area contributed by atoms with Crippen LogP contribution in [0.1, 0.15) is 35.3 Å². The predicted molar refractivity (Wildman–Crippen MR) is 112 cm³/mol. The molecule has 1 aliphatic carbocycles. The second kappa shape index (κ2) is 8.04. The molecule has 30 heavy (non-hydrogen) atoms. The molecule has 0 saturated heterocycles. The molecule has 0 spiro atoms. The first-order valence-electron chi connectivity index (χ1n) is 9.46. The van der Waals surface area contributed by atoms with Gasteiger partial charge in [-0.3, -0.25) is 24.3 Å². The van der Waals surface area contributed by atoms with Crippen LogP contribution in [-0.2, 0) is 24.2 Å². The van der Waals surface area contributed by atoms with Gasteiger partial charge in [-0.2, -0.15) is 5.26 Å². The first-order valence-corrected chi connectivity index (χ1v) is 10.3. The zero-order valence-electron chi connectivity index (χ0n) is 15.9. The maximum Gasteiger partial charge on any atom is 0.270 e. The number of hydrogen-bond donors (Lipinski definition) is 1. The molecule has 2 heterocycles. The van der Waals surface area contributed by atoms with Crippen LogP contribution in [0.4, 0.5) is 10.7 Å². The molecule has 4 rings (SSSR count). The molecule has 1 N–H and O–H groups in total. The maximum absolute atomic E-state index is 12.6. The number of nitrogens with zero attached hydrogens (tertiary/aromatic N) is 4. The third kappa shape index (κ3) is 3.67. The summed E-state index contributed by atoms with van der Waals surface area (Å²) >= 11 is 1.45. The van der Waals surface area contributed by atoms with Crippen LogP contribution in [0, 0.1) is 21.4 Å². The average molecular weight is 423 g/mol. The molecular formula is C20H17N5O4S. The van der Waals surface area contributed by atoms with E-state index >= 15 is 0 Å². The van der Waals surface area contributed by atoms with Crippen LogP contribution in [0.3, 0.4) is 0 Å². The van der Waals surface area contributed by atoms with Gasteiger partial charge in [-0.1, -0.05) is 0 Å². The first-order chi connectivity index (χ1) is 14.5. The van der Waals surface area contributed by atoms with Crippen molar-refractivity contribution in [2.45, 2.75) is 38.6 Å². The second-order valence-electron chi connectivity index (χ2n) is 7.03. The molecule has 10 heteroatoms. The summed E-state index contributed by atoms with van der Waals surface area (Å²) in [6.07, 6.45) is 5.25. The molecular weight excluding hydrogens is 406 g/mol. The largest absolute Gasteiger partial charge is 0.317 e. The minimum Gasteiger partial charge on any atom is -0.317 e. The molecule has 2 aromatic heterocycles. The van der Waals surface area contributed by atoms with Gasteiger partial charge in [0, 0.05) is 30.0 Å². The molecule has 152 valence electrons. The van der Waals surface area contributed by atoms with Gasteiger partial charge in [0.1, 0.15) is 11.1 Å². The van der Waals surface area contributed by atoms with E-state index in [2.05, 4.69) is 16.4 Å². The lowest BCUT2D eigenvalue weighted by Crippen LogP contribution is -2.23. The van der Waals surface area contributed by atoms with Crippen molar-refractivity contribution in [2.75, 3.05) is 5.32 Å². The number of hydrogen-bond acceptors (Lipinski definition) is 7. The number of carbonyl (C=O) groups excluding carboxylic acids is 1. The number of aromatic nitrogens is 2. The van der Waals surface area contributed by atoms with Gasteiger partial charge < -0.3 is 5.32 Å². The minimum absolute atomic E-state index is 0.00938. The highest BCUT2D eigenvalue weighted by atomic mass is 32.1. The topological polar surface area (TPSA) is 131 Å². The van der Waals surface area contributed by atoms with E-state index < -0.39 is 10.5 Å². The van der Waals surface area contributed by atoms with Gasteiger partial charge in [0.2, 0.25) is 5.91 Å². The molecule has 1 aromatic carbocycles. The summed E-state index contributed by atoms with van der Waals surface area (Å²) in [5.74, 6) is -0.309. The van der Waals surface area contributed by atoms with E-state index in [1.807, 2.05) is 0 Å². The number of rotatable bonds is 5. The number of nitro groups is 1. The summed E-state index contributed by atoms with van der Waals surface area (Å²) < 4.78 is 1.26. The molecule has 0 saturated carbocycles. The van der Waals surface area contributed by atoms with Crippen LogP contribution < -0.4 is 10.9 Å². The number of nitriles is 1. The zero-order valence-corrected chi connectivity index (χ0v) is 16.7. The molecule has 9 nitrogen and oxygen atoms in total. The minimum atomic E-state index is -0.572. The van der Waals surface area contributed by atoms with Crippen molar-refractivity contribution in [2.24, 2.45) is 0 Å². The third-order valence-electron chi connectivity index (χ3n) is 5.13. The number of non-ortho nitro benzene ring substituents is 1. The highest BCUT2D eigenvalue weighted by Crippen LogP contribution is 2.37. The van der Waals surface area contributed by atoms with Crippen molar-refractivity contribution in [1.29, 1.82) is 5.26 Å². The van der Waals surface area contributed by atoms with Crippen molar-refractivity contribution < 1.29 is 9.72 Å². The monoisotopic (exact) mass is 423 g/mol. The Labute approximate surface area is 174 Å². The van der Waals surface area contributed by atoms with E-state index in [0.717, 1.165) is 36.1 Å². The summed E-state index contributed by atoms with van der Waals surface area (Å²) in [5.41, 5.74) is 1.30. The first kappa shape index (κ1) is 19.7. The van der Waals surface area contributed by atoms with Gasteiger partial charge in [-0.05, 0) is 37.3 Å². The van der Waals surface area contributed by atoms with Crippen LogP contribution in [-0.4, -0.2) is 20.4 Å². The molecule has 0 bridgehead atoms. The number of carbonyl (C=O) groups is 1. The van der Waals surface area contributed by atoms with E-state index in [1.54, 1.807) is 0 Å². The molecule has 1 aliphatic rings. The average Bonchev–Trinajstić information content (AvgIpc) is 3.09. The summed E-state index contributed by atoms with van der Waals surface area (Å²) in [6, 6.07) is 6.11. The summed E-state index contributed by atoms with van der Waals surface area (Å²) in [5, 5.41) is 23.9. The van der Waals surface area contributed by atoms with E-state index in [9.17, 15) is 25.0 Å². The Morgan fingerprint density at radius 2 is 2.17 bits per heavy atom. The van der Waals surface area contributed by atoms with Crippen LogP contribution in [0.2, 0.25) is 0 Å². The van der Waals surface area contributed by atoms with Gasteiger partial charge >= 0.3 is 0 Å². The Kier molecular flexibility index (Phi) is 5.29. The summed E-state index contributed by atoms with van der Waals surface area (Å²) in [4.78, 5) is 40.8. The standard InChI is InChI=1S/C20H17N5O4S/c21-10-15-13-3-1-2-4-17(13)30-19(15)23-18(26)7-8-24-11-22-16-6-5-12(25(28)29)9-14(16)20(24)27/h5-6,9,11H,1-4,7-8H2,(H,23,26). The summed E-state index contributed by atoms with van der Waals surface area (Å²) in [7, 11) is 0. The summed E-state index contributed by atoms with van der Waals surface area (Å²) in [6.45, 7) is 0.0727. The lowest BCUT2D eigenvalue weighted by molar-refractivity contribution is -0.384. The van der Waals surface area contributed by atoms with Crippen LogP contribution in [0.15, 0.2) is 29.3 Å². The van der Waals surface area contributed by atoms with E-state index in [4.69, 9.17) is 0 Å². The van der Waals surface area contributed by atoms with Crippen LogP contribution in [0.25, 0.3) is 10.9 Å². The fraction of sp³-hybridized carbons (Fsp3) is 0.300. The molecule has 1 amide bonds.